The lowest BCUT2D eigenvalue weighted by molar-refractivity contribution is -0.137. The Bertz CT molecular complexity index is 667. The summed E-state index contributed by atoms with van der Waals surface area (Å²) >= 11 is 0. The van der Waals surface area contributed by atoms with Crippen molar-refractivity contribution < 1.29 is 13.2 Å². The lowest BCUT2D eigenvalue weighted by Gasteiger charge is -2.12. The minimum Gasteiger partial charge on any atom is -0.370 e. The van der Waals surface area contributed by atoms with Gasteiger partial charge >= 0.3 is 6.18 Å². The summed E-state index contributed by atoms with van der Waals surface area (Å²) in [5.41, 5.74) is -0.141. The summed E-state index contributed by atoms with van der Waals surface area (Å²) in [6.07, 6.45) is -3.32. The Labute approximate surface area is 139 Å². The van der Waals surface area contributed by atoms with Gasteiger partial charge in [-0.2, -0.15) is 13.2 Å². The van der Waals surface area contributed by atoms with Crippen molar-refractivity contribution in [3.8, 4) is 0 Å². The van der Waals surface area contributed by atoms with Crippen LogP contribution in [0.1, 0.15) is 31.7 Å². The smallest absolute Gasteiger partial charge is 0.370 e. The summed E-state index contributed by atoms with van der Waals surface area (Å²) in [4.78, 5) is 8.57. The van der Waals surface area contributed by atoms with E-state index in [1.807, 2.05) is 0 Å². The standard InChI is InChI=1S/C17H21F3N4/c1-11(2)8-9-21-15-10-16(23-12(3)22-15)24-14-6-4-13(5-7-14)17(18,19)20/h4-7,10-11H,8-9H2,1-3H3,(H2,21,22,23,24). The van der Waals surface area contributed by atoms with Crippen LogP contribution in [-0.2, 0) is 6.18 Å². The molecule has 2 N–H and O–H groups in total. The highest BCUT2D eigenvalue weighted by molar-refractivity contribution is 5.59. The second-order valence-electron chi connectivity index (χ2n) is 6.00. The number of aryl methyl sites for hydroxylation is 1. The van der Waals surface area contributed by atoms with Crippen molar-refractivity contribution in [2.75, 3.05) is 17.2 Å². The number of rotatable bonds is 6. The number of alkyl halides is 3. The van der Waals surface area contributed by atoms with E-state index in [4.69, 9.17) is 0 Å². The van der Waals surface area contributed by atoms with E-state index < -0.39 is 11.7 Å². The summed E-state index contributed by atoms with van der Waals surface area (Å²) in [5.74, 6) is 2.40. The summed E-state index contributed by atoms with van der Waals surface area (Å²) in [7, 11) is 0. The van der Waals surface area contributed by atoms with E-state index in [0.29, 0.717) is 29.1 Å². The van der Waals surface area contributed by atoms with Crippen molar-refractivity contribution in [3.05, 3.63) is 41.7 Å². The fourth-order valence-corrected chi connectivity index (χ4v) is 2.10. The van der Waals surface area contributed by atoms with Crippen LogP contribution in [0.15, 0.2) is 30.3 Å². The van der Waals surface area contributed by atoms with Gasteiger partial charge in [0.05, 0.1) is 5.56 Å². The number of nitrogens with zero attached hydrogens (tertiary/aromatic N) is 2. The topological polar surface area (TPSA) is 49.8 Å². The maximum absolute atomic E-state index is 12.6. The Morgan fingerprint density at radius 1 is 1.04 bits per heavy atom. The molecule has 1 heterocycles. The summed E-state index contributed by atoms with van der Waals surface area (Å²) in [6.45, 7) is 6.86. The predicted molar refractivity (Wildman–Crippen MR) is 89.4 cm³/mol. The molecule has 0 saturated heterocycles. The Morgan fingerprint density at radius 2 is 1.67 bits per heavy atom. The number of nitrogens with one attached hydrogen (secondary N) is 2. The minimum absolute atomic E-state index is 0.536. The van der Waals surface area contributed by atoms with Gasteiger partial charge in [-0.15, -0.1) is 0 Å². The Balaban J connectivity index is 2.07. The highest BCUT2D eigenvalue weighted by Crippen LogP contribution is 2.30. The molecule has 1 aromatic heterocycles. The van der Waals surface area contributed by atoms with Crippen LogP contribution in [0.2, 0.25) is 0 Å². The average Bonchev–Trinajstić information content (AvgIpc) is 2.46. The normalized spacial score (nSPS) is 11.6. The molecule has 0 amide bonds. The van der Waals surface area contributed by atoms with Crippen molar-refractivity contribution >= 4 is 17.3 Å². The molecule has 0 aliphatic rings. The first kappa shape index (κ1) is 18.0. The molecule has 0 radical (unpaired) electrons. The van der Waals surface area contributed by atoms with E-state index in [1.165, 1.54) is 12.1 Å². The van der Waals surface area contributed by atoms with Crippen molar-refractivity contribution in [1.29, 1.82) is 0 Å². The number of benzene rings is 1. The fourth-order valence-electron chi connectivity index (χ4n) is 2.10. The first-order chi connectivity index (χ1) is 11.2. The first-order valence-corrected chi connectivity index (χ1v) is 7.78. The lowest BCUT2D eigenvalue weighted by atomic mass is 10.1. The molecule has 2 aromatic rings. The number of halogens is 3. The van der Waals surface area contributed by atoms with Crippen molar-refractivity contribution in [1.82, 2.24) is 9.97 Å². The fraction of sp³-hybridized carbons (Fsp3) is 0.412. The van der Waals surface area contributed by atoms with Gasteiger partial charge in [0.15, 0.2) is 0 Å². The summed E-state index contributed by atoms with van der Waals surface area (Å²) < 4.78 is 37.7. The van der Waals surface area contributed by atoms with E-state index in [9.17, 15) is 13.2 Å². The van der Waals surface area contributed by atoms with Crippen LogP contribution >= 0.6 is 0 Å². The summed E-state index contributed by atoms with van der Waals surface area (Å²) in [6, 6.07) is 6.58. The van der Waals surface area contributed by atoms with Crippen LogP contribution in [0.5, 0.6) is 0 Å². The molecule has 0 fully saturated rings. The average molecular weight is 338 g/mol. The number of anilines is 3. The third-order valence-electron chi connectivity index (χ3n) is 3.35. The van der Waals surface area contributed by atoms with Gasteiger partial charge in [-0.3, -0.25) is 0 Å². The van der Waals surface area contributed by atoms with Crippen LogP contribution in [-0.4, -0.2) is 16.5 Å². The predicted octanol–water partition coefficient (Wildman–Crippen LogP) is 5.01. The zero-order valence-electron chi connectivity index (χ0n) is 13.9. The van der Waals surface area contributed by atoms with Gasteiger partial charge in [-0.25, -0.2) is 9.97 Å². The molecule has 0 bridgehead atoms. The van der Waals surface area contributed by atoms with Crippen LogP contribution in [0.3, 0.4) is 0 Å². The van der Waals surface area contributed by atoms with E-state index >= 15 is 0 Å². The highest BCUT2D eigenvalue weighted by Gasteiger charge is 2.29. The van der Waals surface area contributed by atoms with E-state index in [1.54, 1.807) is 13.0 Å². The zero-order valence-corrected chi connectivity index (χ0v) is 13.9. The molecular weight excluding hydrogens is 317 g/mol. The molecule has 0 atom stereocenters. The second-order valence-corrected chi connectivity index (χ2v) is 6.00. The maximum atomic E-state index is 12.6. The molecule has 1 aromatic carbocycles. The Hall–Kier alpha value is -2.31. The second kappa shape index (κ2) is 7.51. The Kier molecular flexibility index (Phi) is 5.64. The lowest BCUT2D eigenvalue weighted by Crippen LogP contribution is -2.08. The molecule has 2 rings (SSSR count). The molecule has 4 nitrogen and oxygen atoms in total. The molecule has 0 unspecified atom stereocenters. The van der Waals surface area contributed by atoms with Crippen molar-refractivity contribution in [2.45, 2.75) is 33.4 Å². The maximum Gasteiger partial charge on any atom is 0.416 e. The van der Waals surface area contributed by atoms with Crippen molar-refractivity contribution in [2.24, 2.45) is 5.92 Å². The molecule has 0 aliphatic heterocycles. The summed E-state index contributed by atoms with van der Waals surface area (Å²) in [5, 5.41) is 6.24. The van der Waals surface area contributed by atoms with Crippen LogP contribution in [0, 0.1) is 12.8 Å². The van der Waals surface area contributed by atoms with Gasteiger partial charge in [0.2, 0.25) is 0 Å². The van der Waals surface area contributed by atoms with Gasteiger partial charge in [0.1, 0.15) is 17.5 Å². The zero-order chi connectivity index (χ0) is 17.7. The number of aromatic nitrogens is 2. The molecule has 7 heteroatoms. The third-order valence-corrected chi connectivity index (χ3v) is 3.35. The molecule has 130 valence electrons. The van der Waals surface area contributed by atoms with Crippen LogP contribution in [0.25, 0.3) is 0 Å². The monoisotopic (exact) mass is 338 g/mol. The first-order valence-electron chi connectivity index (χ1n) is 7.78. The van der Waals surface area contributed by atoms with Gasteiger partial charge in [0, 0.05) is 18.3 Å². The van der Waals surface area contributed by atoms with Crippen LogP contribution in [0.4, 0.5) is 30.5 Å². The van der Waals surface area contributed by atoms with Gasteiger partial charge < -0.3 is 10.6 Å². The van der Waals surface area contributed by atoms with Crippen LogP contribution < -0.4 is 10.6 Å². The molecule has 0 saturated carbocycles. The molecule has 0 aliphatic carbocycles. The SMILES string of the molecule is Cc1nc(NCCC(C)C)cc(Nc2ccc(C(F)(F)F)cc2)n1. The van der Waals surface area contributed by atoms with Crippen molar-refractivity contribution in [3.63, 3.8) is 0 Å². The molecule has 24 heavy (non-hydrogen) atoms. The van der Waals surface area contributed by atoms with E-state index in [-0.39, 0.29) is 0 Å². The third kappa shape index (κ3) is 5.40. The van der Waals surface area contributed by atoms with Gasteiger partial charge in [-0.05, 0) is 43.5 Å². The number of hydrogen-bond acceptors (Lipinski definition) is 4. The molecular formula is C17H21F3N4. The van der Waals surface area contributed by atoms with E-state index in [0.717, 1.165) is 25.1 Å². The Morgan fingerprint density at radius 3 is 2.25 bits per heavy atom. The quantitative estimate of drug-likeness (QED) is 0.778. The van der Waals surface area contributed by atoms with E-state index in [2.05, 4.69) is 34.4 Å². The highest BCUT2D eigenvalue weighted by atomic mass is 19.4. The van der Waals surface area contributed by atoms with Gasteiger partial charge in [-0.1, -0.05) is 13.8 Å². The number of hydrogen-bond donors (Lipinski definition) is 2. The minimum atomic E-state index is -4.34. The van der Waals surface area contributed by atoms with Gasteiger partial charge in [0.25, 0.3) is 0 Å². The molecule has 0 spiro atoms. The largest absolute Gasteiger partial charge is 0.416 e.